The second-order valence-electron chi connectivity index (χ2n) is 6.98. The van der Waals surface area contributed by atoms with Gasteiger partial charge in [-0.05, 0) is 24.5 Å². The van der Waals surface area contributed by atoms with E-state index in [4.69, 9.17) is 9.47 Å². The van der Waals surface area contributed by atoms with Crippen molar-refractivity contribution in [3.63, 3.8) is 0 Å². The van der Waals surface area contributed by atoms with E-state index >= 15 is 0 Å². The third kappa shape index (κ3) is 5.24. The van der Waals surface area contributed by atoms with Gasteiger partial charge in [-0.25, -0.2) is 0 Å². The molecule has 1 aromatic carbocycles. The number of carbonyl (C=O) groups excluding carboxylic acids is 1. The molecular weight excluding hydrogens is 318 g/mol. The molecule has 0 fully saturated rings. The van der Waals surface area contributed by atoms with Crippen molar-refractivity contribution in [2.45, 2.75) is 33.7 Å². The number of aryl methyl sites for hydroxylation is 1. The average molecular weight is 345 g/mol. The van der Waals surface area contributed by atoms with E-state index in [0.717, 1.165) is 5.56 Å². The van der Waals surface area contributed by atoms with E-state index in [2.05, 4.69) is 31.2 Å². The van der Waals surface area contributed by atoms with Gasteiger partial charge in [-0.15, -0.1) is 0 Å². The van der Waals surface area contributed by atoms with Gasteiger partial charge in [-0.2, -0.15) is 5.10 Å². The van der Waals surface area contributed by atoms with Crippen LogP contribution >= 0.6 is 0 Å². The SMILES string of the molecule is CCOc1ccccc1OCC(=O)NC(c1cnn(C)c1)C(C)(C)C. The van der Waals surface area contributed by atoms with Crippen LogP contribution in [-0.4, -0.2) is 28.9 Å². The number of benzene rings is 1. The zero-order valence-electron chi connectivity index (χ0n) is 15.6. The Kier molecular flexibility index (Phi) is 6.07. The summed E-state index contributed by atoms with van der Waals surface area (Å²) in [6.45, 7) is 8.62. The number of ether oxygens (including phenoxy) is 2. The van der Waals surface area contributed by atoms with Crippen LogP contribution in [-0.2, 0) is 11.8 Å². The molecule has 0 aliphatic carbocycles. The minimum atomic E-state index is -0.185. The van der Waals surface area contributed by atoms with Gasteiger partial charge in [-0.1, -0.05) is 32.9 Å². The Hall–Kier alpha value is -2.50. The fourth-order valence-corrected chi connectivity index (χ4v) is 2.58. The number of hydrogen-bond acceptors (Lipinski definition) is 4. The Labute approximate surface area is 149 Å². The molecule has 25 heavy (non-hydrogen) atoms. The predicted octanol–water partition coefficient (Wildman–Crippen LogP) is 3.10. The number of carbonyl (C=O) groups is 1. The molecule has 136 valence electrons. The summed E-state index contributed by atoms with van der Waals surface area (Å²) in [6.07, 6.45) is 3.70. The van der Waals surface area contributed by atoms with Crippen LogP contribution in [0.5, 0.6) is 11.5 Å². The molecule has 1 atom stereocenters. The summed E-state index contributed by atoms with van der Waals surface area (Å²) in [7, 11) is 1.86. The summed E-state index contributed by atoms with van der Waals surface area (Å²) < 4.78 is 12.9. The zero-order valence-corrected chi connectivity index (χ0v) is 15.6. The van der Waals surface area contributed by atoms with Gasteiger partial charge in [0.15, 0.2) is 18.1 Å². The second-order valence-corrected chi connectivity index (χ2v) is 6.98. The number of aromatic nitrogens is 2. The van der Waals surface area contributed by atoms with Gasteiger partial charge in [0, 0.05) is 18.8 Å². The van der Waals surface area contributed by atoms with Crippen molar-refractivity contribution in [2.75, 3.05) is 13.2 Å². The monoisotopic (exact) mass is 345 g/mol. The molecule has 0 radical (unpaired) electrons. The van der Waals surface area contributed by atoms with Gasteiger partial charge in [0.05, 0.1) is 18.8 Å². The molecule has 1 amide bonds. The molecule has 0 saturated carbocycles. The highest BCUT2D eigenvalue weighted by Crippen LogP contribution is 2.32. The Morgan fingerprint density at radius 1 is 1.24 bits per heavy atom. The van der Waals surface area contributed by atoms with Crippen LogP contribution in [0.1, 0.15) is 39.3 Å². The van der Waals surface area contributed by atoms with Crippen molar-refractivity contribution in [1.82, 2.24) is 15.1 Å². The molecule has 1 unspecified atom stereocenters. The summed E-state index contributed by atoms with van der Waals surface area (Å²) in [6, 6.07) is 7.18. The molecule has 0 saturated heterocycles. The minimum absolute atomic E-state index is 0.0725. The lowest BCUT2D eigenvalue weighted by Crippen LogP contribution is -2.39. The molecule has 1 N–H and O–H groups in total. The molecule has 0 bridgehead atoms. The van der Waals surface area contributed by atoms with Gasteiger partial charge in [0.1, 0.15) is 0 Å². The van der Waals surface area contributed by atoms with E-state index in [-0.39, 0.29) is 24.0 Å². The quantitative estimate of drug-likeness (QED) is 0.837. The highest BCUT2D eigenvalue weighted by atomic mass is 16.5. The maximum Gasteiger partial charge on any atom is 0.258 e. The minimum Gasteiger partial charge on any atom is -0.490 e. The summed E-state index contributed by atoms with van der Waals surface area (Å²) in [5.74, 6) is 1.01. The standard InChI is InChI=1S/C19H27N3O3/c1-6-24-15-9-7-8-10-16(15)25-13-17(23)21-18(19(2,3)4)14-11-20-22(5)12-14/h7-12,18H,6,13H2,1-5H3,(H,21,23). The van der Waals surface area contributed by atoms with Crippen LogP contribution in [0.3, 0.4) is 0 Å². The molecule has 2 aromatic rings. The summed E-state index contributed by atoms with van der Waals surface area (Å²) in [5.41, 5.74) is 0.820. The lowest BCUT2D eigenvalue weighted by atomic mass is 9.83. The third-order valence-electron chi connectivity index (χ3n) is 3.74. The molecule has 1 heterocycles. The first-order valence-corrected chi connectivity index (χ1v) is 8.43. The summed E-state index contributed by atoms with van der Waals surface area (Å²) in [5, 5.41) is 7.25. The maximum atomic E-state index is 12.4. The van der Waals surface area contributed by atoms with Crippen LogP contribution in [0, 0.1) is 5.41 Å². The predicted molar refractivity (Wildman–Crippen MR) is 96.7 cm³/mol. The first-order valence-electron chi connectivity index (χ1n) is 8.43. The van der Waals surface area contributed by atoms with Gasteiger partial charge in [-0.3, -0.25) is 9.48 Å². The van der Waals surface area contributed by atoms with Crippen molar-refractivity contribution in [2.24, 2.45) is 12.5 Å². The summed E-state index contributed by atoms with van der Waals surface area (Å²) in [4.78, 5) is 12.4. The number of hydrogen-bond donors (Lipinski definition) is 1. The van der Waals surface area contributed by atoms with E-state index in [1.54, 1.807) is 16.9 Å². The molecular formula is C19H27N3O3. The van der Waals surface area contributed by atoms with Gasteiger partial charge < -0.3 is 14.8 Å². The van der Waals surface area contributed by atoms with Crippen molar-refractivity contribution in [1.29, 1.82) is 0 Å². The first-order chi connectivity index (χ1) is 11.8. The van der Waals surface area contributed by atoms with Crippen LogP contribution in [0.2, 0.25) is 0 Å². The highest BCUT2D eigenvalue weighted by Gasteiger charge is 2.29. The Morgan fingerprint density at radius 2 is 1.88 bits per heavy atom. The Bertz CT molecular complexity index is 704. The number of nitrogens with one attached hydrogen (secondary N) is 1. The number of amides is 1. The average Bonchev–Trinajstić information content (AvgIpc) is 2.97. The van der Waals surface area contributed by atoms with Gasteiger partial charge in [0.2, 0.25) is 0 Å². The lowest BCUT2D eigenvalue weighted by molar-refractivity contribution is -0.124. The lowest BCUT2D eigenvalue weighted by Gasteiger charge is -2.30. The number of rotatable bonds is 7. The molecule has 1 aromatic heterocycles. The van der Waals surface area contributed by atoms with E-state index in [1.165, 1.54) is 0 Å². The molecule has 0 aliphatic heterocycles. The zero-order chi connectivity index (χ0) is 18.4. The largest absolute Gasteiger partial charge is 0.490 e. The van der Waals surface area contributed by atoms with E-state index in [9.17, 15) is 4.79 Å². The fourth-order valence-electron chi connectivity index (χ4n) is 2.58. The van der Waals surface area contributed by atoms with Crippen molar-refractivity contribution in [3.05, 3.63) is 42.2 Å². The summed E-state index contributed by atoms with van der Waals surface area (Å²) >= 11 is 0. The number of para-hydroxylation sites is 2. The normalized spacial score (nSPS) is 12.5. The van der Waals surface area contributed by atoms with E-state index < -0.39 is 0 Å². The van der Waals surface area contributed by atoms with E-state index in [1.807, 2.05) is 38.4 Å². The van der Waals surface area contributed by atoms with Gasteiger partial charge in [0.25, 0.3) is 5.91 Å². The Balaban J connectivity index is 2.03. The topological polar surface area (TPSA) is 65.4 Å². The molecule has 0 spiro atoms. The maximum absolute atomic E-state index is 12.4. The third-order valence-corrected chi connectivity index (χ3v) is 3.74. The molecule has 6 heteroatoms. The van der Waals surface area contributed by atoms with Crippen LogP contribution in [0.4, 0.5) is 0 Å². The van der Waals surface area contributed by atoms with Crippen molar-refractivity contribution in [3.8, 4) is 11.5 Å². The molecule has 6 nitrogen and oxygen atoms in total. The Morgan fingerprint density at radius 3 is 2.40 bits per heavy atom. The van der Waals surface area contributed by atoms with Crippen LogP contribution in [0.15, 0.2) is 36.7 Å². The smallest absolute Gasteiger partial charge is 0.258 e. The highest BCUT2D eigenvalue weighted by molar-refractivity contribution is 5.78. The van der Waals surface area contributed by atoms with E-state index in [0.29, 0.717) is 18.1 Å². The van der Waals surface area contributed by atoms with Crippen molar-refractivity contribution < 1.29 is 14.3 Å². The second kappa shape index (κ2) is 8.05. The molecule has 0 aliphatic rings. The fraction of sp³-hybridized carbons (Fsp3) is 0.474. The molecule has 2 rings (SSSR count). The van der Waals surface area contributed by atoms with Gasteiger partial charge >= 0.3 is 0 Å². The van der Waals surface area contributed by atoms with Crippen LogP contribution in [0.25, 0.3) is 0 Å². The first kappa shape index (κ1) is 18.8. The van der Waals surface area contributed by atoms with Crippen LogP contribution < -0.4 is 14.8 Å². The number of nitrogens with zero attached hydrogens (tertiary/aromatic N) is 2. The van der Waals surface area contributed by atoms with Crippen molar-refractivity contribution >= 4 is 5.91 Å².